The van der Waals surface area contributed by atoms with Crippen LogP contribution in [-0.2, 0) is 0 Å². The average molecular weight is 146 g/mol. The quantitative estimate of drug-likeness (QED) is 0.467. The van der Waals surface area contributed by atoms with Gasteiger partial charge in [-0.2, -0.15) is 0 Å². The van der Waals surface area contributed by atoms with Crippen molar-refractivity contribution in [2.45, 2.75) is 18.7 Å². The van der Waals surface area contributed by atoms with Gasteiger partial charge >= 0.3 is 0 Å². The highest BCUT2D eigenvalue weighted by Crippen LogP contribution is 2.13. The van der Waals surface area contributed by atoms with Crippen LogP contribution in [0.25, 0.3) is 0 Å². The van der Waals surface area contributed by atoms with E-state index in [0.717, 1.165) is 0 Å². The van der Waals surface area contributed by atoms with Crippen molar-refractivity contribution in [1.82, 2.24) is 0 Å². The van der Waals surface area contributed by atoms with E-state index in [1.165, 1.54) is 0 Å². The van der Waals surface area contributed by atoms with Gasteiger partial charge in [0.2, 0.25) is 0 Å². The highest BCUT2D eigenvalue weighted by molar-refractivity contribution is 6.24. The van der Waals surface area contributed by atoms with Crippen LogP contribution in [0.4, 0.5) is 0 Å². The minimum atomic E-state index is -0.317. The molecule has 0 aromatic carbocycles. The zero-order valence-electron chi connectivity index (χ0n) is 5.82. The summed E-state index contributed by atoms with van der Waals surface area (Å²) in [6, 6.07) is 0. The molecule has 52 valence electrons. The molecule has 0 fully saturated rings. The molecule has 0 spiro atoms. The van der Waals surface area contributed by atoms with Crippen LogP contribution in [0.2, 0.25) is 0 Å². The average Bonchev–Trinajstić information content (AvgIpc) is 1.59. The second-order valence-corrected chi connectivity index (χ2v) is 3.45. The predicted molar refractivity (Wildman–Crippen MR) is 42.4 cm³/mol. The van der Waals surface area contributed by atoms with Crippen LogP contribution in [-0.4, -0.2) is 4.87 Å². The maximum absolute atomic E-state index is 5.79. The summed E-state index contributed by atoms with van der Waals surface area (Å²) in [5.41, 5.74) is 5.79. The van der Waals surface area contributed by atoms with Crippen LogP contribution >= 0.6 is 11.6 Å². The Morgan fingerprint density at radius 2 is 2.11 bits per heavy atom. The third-order valence-corrected chi connectivity index (χ3v) is 0.820. The Kier molecular flexibility index (Phi) is 2.78. The standard InChI is InChI=1S/C7H12ClN/c1-6(9)4-5-7(2,3)8/h4-5H,1,9H2,2-3H3/b5-4-. The fraction of sp³-hybridized carbons (Fsp3) is 0.429. The van der Waals surface area contributed by atoms with Crippen LogP contribution in [0.1, 0.15) is 13.8 Å². The summed E-state index contributed by atoms with van der Waals surface area (Å²) in [6.45, 7) is 7.26. The van der Waals surface area contributed by atoms with Crippen molar-refractivity contribution in [1.29, 1.82) is 0 Å². The lowest BCUT2D eigenvalue weighted by molar-refractivity contribution is 0.881. The molecular weight excluding hydrogens is 134 g/mol. The Morgan fingerprint density at radius 3 is 2.22 bits per heavy atom. The molecule has 0 radical (unpaired) electrons. The van der Waals surface area contributed by atoms with E-state index in [0.29, 0.717) is 5.70 Å². The van der Waals surface area contributed by atoms with Crippen molar-refractivity contribution >= 4 is 11.6 Å². The molecule has 0 aliphatic carbocycles. The third-order valence-electron chi connectivity index (χ3n) is 0.694. The Hall–Kier alpha value is -0.430. The largest absolute Gasteiger partial charge is 0.399 e. The fourth-order valence-electron chi connectivity index (χ4n) is 0.305. The molecule has 0 saturated carbocycles. The molecule has 0 aliphatic heterocycles. The van der Waals surface area contributed by atoms with Gasteiger partial charge in [-0.25, -0.2) is 0 Å². The van der Waals surface area contributed by atoms with Crippen molar-refractivity contribution < 1.29 is 0 Å². The number of alkyl halides is 1. The van der Waals surface area contributed by atoms with E-state index in [1.54, 1.807) is 12.2 Å². The molecule has 0 amide bonds. The second kappa shape index (κ2) is 2.92. The van der Waals surface area contributed by atoms with Crippen LogP contribution in [0.5, 0.6) is 0 Å². The maximum atomic E-state index is 5.79. The maximum Gasteiger partial charge on any atom is 0.0573 e. The van der Waals surface area contributed by atoms with E-state index >= 15 is 0 Å². The van der Waals surface area contributed by atoms with Gasteiger partial charge in [0.25, 0.3) is 0 Å². The smallest absolute Gasteiger partial charge is 0.0573 e. The summed E-state index contributed by atoms with van der Waals surface area (Å²) in [6.07, 6.45) is 3.50. The third kappa shape index (κ3) is 7.57. The fourth-order valence-corrected chi connectivity index (χ4v) is 0.368. The normalized spacial score (nSPS) is 12.3. The van der Waals surface area contributed by atoms with E-state index in [2.05, 4.69) is 6.58 Å². The van der Waals surface area contributed by atoms with E-state index in [1.807, 2.05) is 13.8 Å². The molecule has 2 heteroatoms. The number of rotatable bonds is 2. The summed E-state index contributed by atoms with van der Waals surface area (Å²) in [5.74, 6) is 0. The Bertz CT molecular complexity index is 130. The predicted octanol–water partition coefficient (Wildman–Crippen LogP) is 2.03. The summed E-state index contributed by atoms with van der Waals surface area (Å²) < 4.78 is 0. The van der Waals surface area contributed by atoms with Gasteiger partial charge in [-0.05, 0) is 19.9 Å². The highest BCUT2D eigenvalue weighted by atomic mass is 35.5. The molecule has 1 nitrogen and oxygen atoms in total. The minimum absolute atomic E-state index is 0.317. The Labute approximate surface area is 61.2 Å². The summed E-state index contributed by atoms with van der Waals surface area (Å²) in [7, 11) is 0. The second-order valence-electron chi connectivity index (χ2n) is 2.47. The van der Waals surface area contributed by atoms with Gasteiger partial charge in [-0.15, -0.1) is 11.6 Å². The van der Waals surface area contributed by atoms with Crippen LogP contribution < -0.4 is 5.73 Å². The molecule has 0 rings (SSSR count). The molecule has 0 unspecified atom stereocenters. The van der Waals surface area contributed by atoms with Gasteiger partial charge in [-0.3, -0.25) is 0 Å². The molecule has 2 N–H and O–H groups in total. The first-order valence-electron chi connectivity index (χ1n) is 2.74. The first-order valence-corrected chi connectivity index (χ1v) is 3.12. The van der Waals surface area contributed by atoms with Crippen molar-refractivity contribution in [2.75, 3.05) is 0 Å². The van der Waals surface area contributed by atoms with Crippen LogP contribution in [0, 0.1) is 0 Å². The molecule has 0 aliphatic rings. The van der Waals surface area contributed by atoms with E-state index in [4.69, 9.17) is 17.3 Å². The van der Waals surface area contributed by atoms with Gasteiger partial charge in [-0.1, -0.05) is 12.7 Å². The highest BCUT2D eigenvalue weighted by Gasteiger charge is 2.05. The van der Waals surface area contributed by atoms with Crippen molar-refractivity contribution in [3.63, 3.8) is 0 Å². The molecule has 9 heavy (non-hydrogen) atoms. The zero-order chi connectivity index (χ0) is 7.49. The summed E-state index contributed by atoms with van der Waals surface area (Å²) >= 11 is 5.79. The van der Waals surface area contributed by atoms with Gasteiger partial charge in [0, 0.05) is 5.70 Å². The first-order chi connectivity index (χ1) is 3.92. The lowest BCUT2D eigenvalue weighted by atomic mass is 10.2. The SMILES string of the molecule is C=C(N)/C=C\C(C)(C)Cl. The molecular formula is C7H12ClN. The van der Waals surface area contributed by atoms with Gasteiger partial charge in [0.15, 0.2) is 0 Å². The lowest BCUT2D eigenvalue weighted by Crippen LogP contribution is -2.04. The minimum Gasteiger partial charge on any atom is -0.399 e. The van der Waals surface area contributed by atoms with Gasteiger partial charge in [0.1, 0.15) is 0 Å². The Balaban J connectivity index is 3.86. The zero-order valence-corrected chi connectivity index (χ0v) is 6.57. The lowest BCUT2D eigenvalue weighted by Gasteiger charge is -2.07. The molecule has 0 aromatic rings. The Morgan fingerprint density at radius 1 is 1.67 bits per heavy atom. The van der Waals surface area contributed by atoms with Gasteiger partial charge < -0.3 is 5.73 Å². The molecule has 0 saturated heterocycles. The molecule has 0 bridgehead atoms. The van der Waals surface area contributed by atoms with Crippen molar-refractivity contribution in [3.05, 3.63) is 24.4 Å². The van der Waals surface area contributed by atoms with Crippen LogP contribution in [0.15, 0.2) is 24.4 Å². The number of nitrogens with two attached hydrogens (primary N) is 1. The summed E-state index contributed by atoms with van der Waals surface area (Å²) in [5, 5.41) is 0. The molecule has 0 aromatic heterocycles. The number of hydrogen-bond donors (Lipinski definition) is 1. The van der Waals surface area contributed by atoms with Crippen LogP contribution in [0.3, 0.4) is 0 Å². The number of halogens is 1. The first kappa shape index (κ1) is 8.57. The van der Waals surface area contributed by atoms with Crippen molar-refractivity contribution in [2.24, 2.45) is 5.73 Å². The topological polar surface area (TPSA) is 26.0 Å². The molecule has 0 atom stereocenters. The monoisotopic (exact) mass is 145 g/mol. The van der Waals surface area contributed by atoms with E-state index in [9.17, 15) is 0 Å². The van der Waals surface area contributed by atoms with E-state index in [-0.39, 0.29) is 4.87 Å². The van der Waals surface area contributed by atoms with Crippen molar-refractivity contribution in [3.8, 4) is 0 Å². The molecule has 0 heterocycles. The summed E-state index contributed by atoms with van der Waals surface area (Å²) in [4.78, 5) is -0.317. The van der Waals surface area contributed by atoms with E-state index < -0.39 is 0 Å². The van der Waals surface area contributed by atoms with Gasteiger partial charge in [0.05, 0.1) is 4.87 Å². The number of hydrogen-bond acceptors (Lipinski definition) is 1. The number of allylic oxidation sites excluding steroid dienone is 2.